The van der Waals surface area contributed by atoms with Crippen molar-refractivity contribution in [2.45, 2.75) is 39.0 Å². The Morgan fingerprint density at radius 2 is 1.84 bits per heavy atom. The minimum absolute atomic E-state index is 0.00431. The van der Waals surface area contributed by atoms with Crippen LogP contribution in [0.4, 0.5) is 0 Å². The van der Waals surface area contributed by atoms with Crippen LogP contribution in [-0.4, -0.2) is 32.1 Å². The SMILES string of the molecule is CC1CS(=O)(=O)CC(c2ccc(OC(C)C)cc2)N1. The minimum Gasteiger partial charge on any atom is -0.491 e. The molecule has 0 amide bonds. The number of sulfone groups is 1. The van der Waals surface area contributed by atoms with E-state index in [2.05, 4.69) is 5.32 Å². The molecule has 2 unspecified atom stereocenters. The number of hydrogen-bond acceptors (Lipinski definition) is 4. The van der Waals surface area contributed by atoms with Crippen molar-refractivity contribution in [2.75, 3.05) is 11.5 Å². The average Bonchev–Trinajstić information content (AvgIpc) is 2.26. The summed E-state index contributed by atoms with van der Waals surface area (Å²) in [5.41, 5.74) is 0.992. The van der Waals surface area contributed by atoms with E-state index in [1.165, 1.54) is 0 Å². The van der Waals surface area contributed by atoms with Crippen LogP contribution in [0.1, 0.15) is 32.4 Å². The van der Waals surface area contributed by atoms with E-state index in [1.54, 1.807) is 0 Å². The fourth-order valence-electron chi connectivity index (χ4n) is 2.39. The van der Waals surface area contributed by atoms with Crippen molar-refractivity contribution >= 4 is 9.84 Å². The summed E-state index contributed by atoms with van der Waals surface area (Å²) < 4.78 is 29.2. The standard InChI is InChI=1S/C14H21NO3S/c1-10(2)18-13-6-4-12(5-7-13)14-9-19(16,17)8-11(3)15-14/h4-7,10-11,14-15H,8-9H2,1-3H3. The van der Waals surface area contributed by atoms with E-state index in [4.69, 9.17) is 4.74 Å². The van der Waals surface area contributed by atoms with Crippen LogP contribution in [0.15, 0.2) is 24.3 Å². The van der Waals surface area contributed by atoms with Crippen molar-refractivity contribution in [3.8, 4) is 5.75 Å². The maximum atomic E-state index is 11.8. The fraction of sp³-hybridized carbons (Fsp3) is 0.571. The van der Waals surface area contributed by atoms with Crippen LogP contribution in [0.5, 0.6) is 5.75 Å². The van der Waals surface area contributed by atoms with E-state index < -0.39 is 9.84 Å². The molecular formula is C14H21NO3S. The Hall–Kier alpha value is -1.07. The zero-order valence-electron chi connectivity index (χ0n) is 11.6. The fourth-order valence-corrected chi connectivity index (χ4v) is 4.18. The predicted molar refractivity (Wildman–Crippen MR) is 76.2 cm³/mol. The van der Waals surface area contributed by atoms with Crippen LogP contribution < -0.4 is 10.1 Å². The molecule has 0 spiro atoms. The van der Waals surface area contributed by atoms with Gasteiger partial charge in [-0.2, -0.15) is 0 Å². The lowest BCUT2D eigenvalue weighted by Gasteiger charge is -2.29. The maximum Gasteiger partial charge on any atom is 0.153 e. The molecule has 1 saturated heterocycles. The molecule has 1 fully saturated rings. The first-order chi connectivity index (χ1) is 8.85. The van der Waals surface area contributed by atoms with Gasteiger partial charge in [-0.05, 0) is 38.5 Å². The van der Waals surface area contributed by atoms with Gasteiger partial charge in [0.05, 0.1) is 17.6 Å². The molecule has 2 atom stereocenters. The van der Waals surface area contributed by atoms with Gasteiger partial charge in [0.2, 0.25) is 0 Å². The van der Waals surface area contributed by atoms with E-state index in [1.807, 2.05) is 45.0 Å². The molecule has 1 aromatic rings. The van der Waals surface area contributed by atoms with Gasteiger partial charge in [0.1, 0.15) is 5.75 Å². The lowest BCUT2D eigenvalue weighted by atomic mass is 10.1. The summed E-state index contributed by atoms with van der Waals surface area (Å²) in [4.78, 5) is 0. The molecule has 1 N–H and O–H groups in total. The zero-order chi connectivity index (χ0) is 14.0. The smallest absolute Gasteiger partial charge is 0.153 e. The molecule has 4 nitrogen and oxygen atoms in total. The molecule has 0 radical (unpaired) electrons. The van der Waals surface area contributed by atoms with Gasteiger partial charge in [0.25, 0.3) is 0 Å². The van der Waals surface area contributed by atoms with Gasteiger partial charge < -0.3 is 10.1 Å². The summed E-state index contributed by atoms with van der Waals surface area (Å²) in [5, 5.41) is 3.33. The summed E-state index contributed by atoms with van der Waals surface area (Å²) in [6, 6.07) is 7.52. The predicted octanol–water partition coefficient (Wildman–Crippen LogP) is 1.92. The Bertz CT molecular complexity index is 522. The van der Waals surface area contributed by atoms with E-state index in [0.717, 1.165) is 11.3 Å². The topological polar surface area (TPSA) is 55.4 Å². The second-order valence-electron chi connectivity index (χ2n) is 5.43. The van der Waals surface area contributed by atoms with Gasteiger partial charge in [-0.1, -0.05) is 12.1 Å². The number of rotatable bonds is 3. The molecule has 19 heavy (non-hydrogen) atoms. The lowest BCUT2D eigenvalue weighted by molar-refractivity contribution is 0.242. The number of ether oxygens (including phenoxy) is 1. The Morgan fingerprint density at radius 3 is 2.37 bits per heavy atom. The van der Waals surface area contributed by atoms with Crippen molar-refractivity contribution in [2.24, 2.45) is 0 Å². The normalized spacial score (nSPS) is 26.3. The Labute approximate surface area is 115 Å². The molecule has 0 saturated carbocycles. The van der Waals surface area contributed by atoms with Crippen LogP contribution in [-0.2, 0) is 9.84 Å². The van der Waals surface area contributed by atoms with Gasteiger partial charge in [-0.25, -0.2) is 8.42 Å². The Morgan fingerprint density at radius 1 is 1.21 bits per heavy atom. The molecule has 5 heteroatoms. The third kappa shape index (κ3) is 3.94. The molecule has 1 aliphatic rings. The summed E-state index contributed by atoms with van der Waals surface area (Å²) in [6.45, 7) is 5.86. The number of hydrogen-bond donors (Lipinski definition) is 1. The third-order valence-electron chi connectivity index (χ3n) is 3.06. The summed E-state index contributed by atoms with van der Waals surface area (Å²) >= 11 is 0. The van der Waals surface area contributed by atoms with Gasteiger partial charge in [0, 0.05) is 12.1 Å². The van der Waals surface area contributed by atoms with Crippen molar-refractivity contribution in [1.29, 1.82) is 0 Å². The molecule has 1 aliphatic heterocycles. The van der Waals surface area contributed by atoms with Crippen molar-refractivity contribution in [3.63, 3.8) is 0 Å². The second-order valence-corrected chi connectivity index (χ2v) is 7.59. The molecule has 0 aliphatic carbocycles. The Kier molecular flexibility index (Phi) is 4.16. The van der Waals surface area contributed by atoms with Gasteiger partial charge in [-0.3, -0.25) is 0 Å². The Balaban J connectivity index is 2.13. The number of nitrogens with one attached hydrogen (secondary N) is 1. The van der Waals surface area contributed by atoms with E-state index in [9.17, 15) is 8.42 Å². The average molecular weight is 283 g/mol. The van der Waals surface area contributed by atoms with E-state index >= 15 is 0 Å². The highest BCUT2D eigenvalue weighted by Crippen LogP contribution is 2.23. The molecule has 106 valence electrons. The minimum atomic E-state index is -2.95. The molecule has 0 bridgehead atoms. The monoisotopic (exact) mass is 283 g/mol. The largest absolute Gasteiger partial charge is 0.491 e. The molecule has 1 heterocycles. The van der Waals surface area contributed by atoms with Gasteiger partial charge >= 0.3 is 0 Å². The first-order valence-corrected chi connectivity index (χ1v) is 8.41. The molecule has 1 aromatic carbocycles. The van der Waals surface area contributed by atoms with Crippen LogP contribution in [0.3, 0.4) is 0 Å². The number of benzene rings is 1. The molecular weight excluding hydrogens is 262 g/mol. The van der Waals surface area contributed by atoms with Crippen molar-refractivity contribution in [1.82, 2.24) is 5.32 Å². The maximum absolute atomic E-state index is 11.8. The first kappa shape index (κ1) is 14.3. The van der Waals surface area contributed by atoms with Crippen LogP contribution in [0, 0.1) is 0 Å². The quantitative estimate of drug-likeness (QED) is 0.921. The first-order valence-electron chi connectivity index (χ1n) is 6.59. The van der Waals surface area contributed by atoms with Crippen LogP contribution in [0.25, 0.3) is 0 Å². The summed E-state index contributed by atoms with van der Waals surface area (Å²) in [5.74, 6) is 1.20. The highest BCUT2D eigenvalue weighted by Gasteiger charge is 2.29. The van der Waals surface area contributed by atoms with E-state index in [-0.39, 0.29) is 29.7 Å². The van der Waals surface area contributed by atoms with E-state index in [0.29, 0.717) is 0 Å². The molecule has 2 rings (SSSR count). The van der Waals surface area contributed by atoms with Crippen molar-refractivity contribution in [3.05, 3.63) is 29.8 Å². The lowest BCUT2D eigenvalue weighted by Crippen LogP contribution is -2.45. The van der Waals surface area contributed by atoms with Gasteiger partial charge in [-0.15, -0.1) is 0 Å². The van der Waals surface area contributed by atoms with Crippen molar-refractivity contribution < 1.29 is 13.2 Å². The van der Waals surface area contributed by atoms with Crippen LogP contribution >= 0.6 is 0 Å². The van der Waals surface area contributed by atoms with Crippen LogP contribution in [0.2, 0.25) is 0 Å². The second kappa shape index (κ2) is 5.51. The zero-order valence-corrected chi connectivity index (χ0v) is 12.4. The third-order valence-corrected chi connectivity index (χ3v) is 4.91. The summed E-state index contributed by atoms with van der Waals surface area (Å²) in [7, 11) is -2.95. The van der Waals surface area contributed by atoms with Gasteiger partial charge in [0.15, 0.2) is 9.84 Å². The molecule has 0 aromatic heterocycles. The highest BCUT2D eigenvalue weighted by molar-refractivity contribution is 7.91. The highest BCUT2D eigenvalue weighted by atomic mass is 32.2. The summed E-state index contributed by atoms with van der Waals surface area (Å²) in [6.07, 6.45) is 0.138.